The molecule has 2 atom stereocenters. The average Bonchev–Trinajstić information content (AvgIpc) is 2.67. The molecule has 3 N–H and O–H groups in total. The number of halogens is 2. The average molecular weight is 416 g/mol. The Morgan fingerprint density at radius 2 is 2.00 bits per heavy atom. The van der Waals surface area contributed by atoms with E-state index in [-0.39, 0.29) is 18.6 Å². The molecular weight excluding hydrogens is 390 g/mol. The number of amides is 1. The van der Waals surface area contributed by atoms with Gasteiger partial charge in [-0.25, -0.2) is 8.78 Å². The molecule has 8 heteroatoms. The molecule has 1 saturated heterocycles. The first-order chi connectivity index (χ1) is 14.2. The molecule has 30 heavy (non-hydrogen) atoms. The quantitative estimate of drug-likeness (QED) is 0.784. The van der Waals surface area contributed by atoms with Gasteiger partial charge in [0, 0.05) is 38.0 Å². The summed E-state index contributed by atoms with van der Waals surface area (Å²) in [5.74, 6) is -4.26. The van der Waals surface area contributed by atoms with Crippen LogP contribution in [0.4, 0.5) is 8.78 Å². The Morgan fingerprint density at radius 1 is 1.27 bits per heavy atom. The van der Waals surface area contributed by atoms with Crippen molar-refractivity contribution in [2.45, 2.75) is 55.9 Å². The van der Waals surface area contributed by atoms with E-state index in [1.54, 1.807) is 24.1 Å². The third kappa shape index (κ3) is 3.53. The second-order valence-electron chi connectivity index (χ2n) is 8.54. The fourth-order valence-corrected chi connectivity index (χ4v) is 4.42. The van der Waals surface area contributed by atoms with Crippen LogP contribution in [0.25, 0.3) is 0 Å². The summed E-state index contributed by atoms with van der Waals surface area (Å²) in [6.07, 6.45) is 6.15. The topological polar surface area (TPSA) is 92.1 Å². The standard InChI is InChI=1S/C22H26F2N4O2/c1-21(20(25)30,18-7-5-15(11-26-18)14-3-2-4-14)28-10-9-22(23,24)17(13-28)16-6-8-19(29)27-12-16/h5-8,11-12,14,17H,2-4,9-10,13H2,1H3,(H2,25,30)(H,27,29)/t17-,21?/m1/s1. The van der Waals surface area contributed by atoms with Crippen molar-refractivity contribution in [2.75, 3.05) is 13.1 Å². The number of rotatable bonds is 5. The number of carbonyl (C=O) groups excluding carboxylic acids is 1. The maximum absolute atomic E-state index is 14.8. The van der Waals surface area contributed by atoms with Crippen LogP contribution >= 0.6 is 0 Å². The Hall–Kier alpha value is -2.61. The zero-order valence-electron chi connectivity index (χ0n) is 16.9. The normalized spacial score (nSPS) is 24.0. The lowest BCUT2D eigenvalue weighted by atomic mass is 9.80. The monoisotopic (exact) mass is 416 g/mol. The van der Waals surface area contributed by atoms with Gasteiger partial charge < -0.3 is 10.7 Å². The Bertz CT molecular complexity index is 967. The van der Waals surface area contributed by atoms with Crippen LogP contribution < -0.4 is 11.3 Å². The first kappa shape index (κ1) is 20.7. The molecule has 1 saturated carbocycles. The maximum atomic E-state index is 14.8. The number of primary amides is 1. The molecule has 4 rings (SSSR count). The molecule has 6 nitrogen and oxygen atoms in total. The highest BCUT2D eigenvalue weighted by atomic mass is 19.3. The fraction of sp³-hybridized carbons (Fsp3) is 0.500. The molecule has 2 aliphatic rings. The molecule has 160 valence electrons. The summed E-state index contributed by atoms with van der Waals surface area (Å²) in [7, 11) is 0. The van der Waals surface area contributed by atoms with Crippen LogP contribution in [0.1, 0.15) is 61.3 Å². The third-order valence-corrected chi connectivity index (χ3v) is 6.81. The molecule has 2 fully saturated rings. The number of nitrogens with zero attached hydrogens (tertiary/aromatic N) is 2. The summed E-state index contributed by atoms with van der Waals surface area (Å²) < 4.78 is 29.5. The molecule has 1 aliphatic heterocycles. The highest BCUT2D eigenvalue weighted by Crippen LogP contribution is 2.44. The van der Waals surface area contributed by atoms with Crippen molar-refractivity contribution in [1.29, 1.82) is 0 Å². The third-order valence-electron chi connectivity index (χ3n) is 6.81. The van der Waals surface area contributed by atoms with Gasteiger partial charge in [0.1, 0.15) is 5.54 Å². The van der Waals surface area contributed by atoms with Crippen LogP contribution in [-0.4, -0.2) is 39.8 Å². The Labute approximate surface area is 173 Å². The molecule has 2 aromatic rings. The number of aromatic amines is 1. The van der Waals surface area contributed by atoms with Crippen LogP contribution in [-0.2, 0) is 10.3 Å². The second kappa shape index (κ2) is 7.58. The summed E-state index contributed by atoms with van der Waals surface area (Å²) in [5, 5.41) is 0. The number of pyridine rings is 2. The summed E-state index contributed by atoms with van der Waals surface area (Å²) in [6.45, 7) is 1.58. The minimum Gasteiger partial charge on any atom is -0.368 e. The van der Waals surface area contributed by atoms with Gasteiger partial charge in [-0.3, -0.25) is 19.5 Å². The Kier molecular flexibility index (Phi) is 5.22. The number of nitrogens with two attached hydrogens (primary N) is 1. The number of hydrogen-bond donors (Lipinski definition) is 2. The molecule has 0 radical (unpaired) electrons. The van der Waals surface area contributed by atoms with Gasteiger partial charge in [0.2, 0.25) is 11.5 Å². The van der Waals surface area contributed by atoms with Gasteiger partial charge in [-0.05, 0) is 42.9 Å². The molecule has 2 aromatic heterocycles. The Balaban J connectivity index is 1.65. The lowest BCUT2D eigenvalue weighted by Crippen LogP contribution is -2.59. The van der Waals surface area contributed by atoms with E-state index in [1.807, 2.05) is 6.07 Å². The van der Waals surface area contributed by atoms with Crippen LogP contribution in [0.15, 0.2) is 41.5 Å². The van der Waals surface area contributed by atoms with Gasteiger partial charge in [0.05, 0.1) is 11.6 Å². The molecule has 3 heterocycles. The van der Waals surface area contributed by atoms with E-state index in [1.165, 1.54) is 24.8 Å². The number of H-pyrrole nitrogens is 1. The van der Waals surface area contributed by atoms with E-state index in [2.05, 4.69) is 9.97 Å². The number of piperidine rings is 1. The lowest BCUT2D eigenvalue weighted by Gasteiger charge is -2.46. The Morgan fingerprint density at radius 3 is 2.53 bits per heavy atom. The number of aromatic nitrogens is 2. The van der Waals surface area contributed by atoms with E-state index in [9.17, 15) is 18.4 Å². The number of carbonyl (C=O) groups is 1. The van der Waals surface area contributed by atoms with E-state index < -0.39 is 29.7 Å². The van der Waals surface area contributed by atoms with Gasteiger partial charge in [-0.1, -0.05) is 18.6 Å². The summed E-state index contributed by atoms with van der Waals surface area (Å²) in [5.41, 5.74) is 6.04. The maximum Gasteiger partial charge on any atom is 0.257 e. The molecule has 1 unspecified atom stereocenters. The highest BCUT2D eigenvalue weighted by Gasteiger charge is 2.51. The predicted octanol–water partition coefficient (Wildman–Crippen LogP) is 2.86. The van der Waals surface area contributed by atoms with Crippen molar-refractivity contribution >= 4 is 5.91 Å². The predicted molar refractivity (Wildman–Crippen MR) is 108 cm³/mol. The van der Waals surface area contributed by atoms with Crippen molar-refractivity contribution in [3.63, 3.8) is 0 Å². The van der Waals surface area contributed by atoms with Gasteiger partial charge in [-0.2, -0.15) is 0 Å². The van der Waals surface area contributed by atoms with E-state index in [0.29, 0.717) is 17.2 Å². The smallest absolute Gasteiger partial charge is 0.257 e. The van der Waals surface area contributed by atoms with Gasteiger partial charge in [-0.15, -0.1) is 0 Å². The lowest BCUT2D eigenvalue weighted by molar-refractivity contribution is -0.139. The van der Waals surface area contributed by atoms with Crippen LogP contribution in [0.3, 0.4) is 0 Å². The summed E-state index contributed by atoms with van der Waals surface area (Å²) >= 11 is 0. The van der Waals surface area contributed by atoms with Crippen molar-refractivity contribution in [1.82, 2.24) is 14.9 Å². The number of likely N-dealkylation sites (tertiary alicyclic amines) is 1. The van der Waals surface area contributed by atoms with Gasteiger partial charge in [0.25, 0.3) is 5.92 Å². The highest BCUT2D eigenvalue weighted by molar-refractivity contribution is 5.85. The van der Waals surface area contributed by atoms with E-state index in [0.717, 1.165) is 18.4 Å². The van der Waals surface area contributed by atoms with E-state index in [4.69, 9.17) is 5.73 Å². The largest absolute Gasteiger partial charge is 0.368 e. The summed E-state index contributed by atoms with van der Waals surface area (Å²) in [6, 6.07) is 6.40. The van der Waals surface area contributed by atoms with Crippen LogP contribution in [0.2, 0.25) is 0 Å². The molecular formula is C22H26F2N4O2. The minimum absolute atomic E-state index is 0.0123. The molecule has 1 aliphatic carbocycles. The first-order valence-corrected chi connectivity index (χ1v) is 10.3. The fourth-order valence-electron chi connectivity index (χ4n) is 4.42. The number of alkyl halides is 2. The van der Waals surface area contributed by atoms with Crippen LogP contribution in [0, 0.1) is 0 Å². The molecule has 0 bridgehead atoms. The zero-order chi connectivity index (χ0) is 21.5. The van der Waals surface area contributed by atoms with Crippen molar-refractivity contribution in [3.8, 4) is 0 Å². The van der Waals surface area contributed by atoms with E-state index >= 15 is 0 Å². The van der Waals surface area contributed by atoms with Gasteiger partial charge in [0.15, 0.2) is 0 Å². The van der Waals surface area contributed by atoms with Crippen molar-refractivity contribution in [2.24, 2.45) is 5.73 Å². The SMILES string of the molecule is CC(C(N)=O)(c1ccc(C2CCC2)cn1)N1CCC(F)(F)[C@@H](c2ccc(=O)[nH]c2)C1. The minimum atomic E-state index is -2.96. The number of nitrogens with one attached hydrogen (secondary N) is 1. The second-order valence-corrected chi connectivity index (χ2v) is 8.54. The van der Waals surface area contributed by atoms with Crippen molar-refractivity contribution in [3.05, 3.63) is 63.8 Å². The first-order valence-electron chi connectivity index (χ1n) is 10.3. The summed E-state index contributed by atoms with van der Waals surface area (Å²) in [4.78, 5) is 32.6. The van der Waals surface area contributed by atoms with Crippen LogP contribution in [0.5, 0.6) is 0 Å². The van der Waals surface area contributed by atoms with Crippen molar-refractivity contribution < 1.29 is 13.6 Å². The van der Waals surface area contributed by atoms with Gasteiger partial charge >= 0.3 is 0 Å². The number of hydrogen-bond acceptors (Lipinski definition) is 4. The molecule has 0 aromatic carbocycles. The zero-order valence-corrected chi connectivity index (χ0v) is 16.9. The molecule has 0 spiro atoms. The molecule has 1 amide bonds.